The molecule has 2 atom stereocenters. The van der Waals surface area contributed by atoms with Crippen molar-refractivity contribution >= 4 is 17.5 Å². The van der Waals surface area contributed by atoms with Gasteiger partial charge in [-0.3, -0.25) is 9.69 Å². The van der Waals surface area contributed by atoms with E-state index in [9.17, 15) is 4.79 Å². The first-order valence-corrected chi connectivity index (χ1v) is 11.9. The Bertz CT molecular complexity index is 892. The number of piperidine rings is 1. The molecule has 4 rings (SSSR count). The van der Waals surface area contributed by atoms with Gasteiger partial charge in [0, 0.05) is 51.0 Å². The molecule has 0 unspecified atom stereocenters. The summed E-state index contributed by atoms with van der Waals surface area (Å²) in [7, 11) is 1.79. The van der Waals surface area contributed by atoms with Gasteiger partial charge in [-0.05, 0) is 55.6 Å². The van der Waals surface area contributed by atoms with E-state index < -0.39 is 0 Å². The van der Waals surface area contributed by atoms with Crippen molar-refractivity contribution in [3.8, 4) is 5.75 Å². The highest BCUT2D eigenvalue weighted by molar-refractivity contribution is 6.29. The van der Waals surface area contributed by atoms with Gasteiger partial charge < -0.3 is 14.4 Å². The number of pyridine rings is 1. The second-order valence-electron chi connectivity index (χ2n) is 8.71. The zero-order valence-corrected chi connectivity index (χ0v) is 19.5. The molecular weight excluding hydrogens is 426 g/mol. The number of carbonyl (C=O) groups is 1. The summed E-state index contributed by atoms with van der Waals surface area (Å²) in [6, 6.07) is 11.4. The van der Waals surface area contributed by atoms with Gasteiger partial charge in [-0.25, -0.2) is 4.98 Å². The van der Waals surface area contributed by atoms with Gasteiger partial charge in [0.05, 0.1) is 6.10 Å². The van der Waals surface area contributed by atoms with Crippen LogP contribution in [0.5, 0.6) is 5.75 Å². The summed E-state index contributed by atoms with van der Waals surface area (Å²) in [5.41, 5.74) is 1.83. The van der Waals surface area contributed by atoms with Crippen molar-refractivity contribution in [2.75, 3.05) is 39.9 Å². The standard InChI is InChI=1S/C25H32ClN3O3/c1-31-23-10-12-29-18-21(23)5-2-3-11-28(17-19-8-9-24(26)27-16-19)13-14-32-22-7-4-6-20(15-22)25(29)30/h4,6-9,15-16,21,23H,2-3,5,10-14,17-18H2,1H3/t21-,23+/m0/s1. The van der Waals surface area contributed by atoms with Gasteiger partial charge in [-0.1, -0.05) is 30.2 Å². The Morgan fingerprint density at radius 3 is 2.88 bits per heavy atom. The molecule has 0 saturated carbocycles. The Labute approximate surface area is 195 Å². The molecule has 7 heteroatoms. The molecule has 172 valence electrons. The Hall–Kier alpha value is -2.15. The molecule has 3 heterocycles. The molecule has 4 bridgehead atoms. The zero-order valence-electron chi connectivity index (χ0n) is 18.7. The normalized spacial score (nSPS) is 23.2. The number of halogens is 1. The lowest BCUT2D eigenvalue weighted by Crippen LogP contribution is -2.46. The van der Waals surface area contributed by atoms with Gasteiger partial charge in [-0.15, -0.1) is 0 Å². The van der Waals surface area contributed by atoms with Crippen LogP contribution in [0, 0.1) is 5.92 Å². The number of fused-ring (bicyclic) bond motifs is 4. The van der Waals surface area contributed by atoms with Crippen LogP contribution in [-0.2, 0) is 11.3 Å². The maximum atomic E-state index is 13.1. The molecule has 1 amide bonds. The summed E-state index contributed by atoms with van der Waals surface area (Å²) in [5, 5.41) is 0.512. The number of methoxy groups -OCH3 is 1. The van der Waals surface area contributed by atoms with Gasteiger partial charge in [0.15, 0.2) is 0 Å². The summed E-state index contributed by atoms with van der Waals surface area (Å²) in [6.45, 7) is 4.65. The molecule has 0 spiro atoms. The lowest BCUT2D eigenvalue weighted by atomic mass is 9.89. The second kappa shape index (κ2) is 11.1. The highest BCUT2D eigenvalue weighted by Gasteiger charge is 2.31. The molecule has 32 heavy (non-hydrogen) atoms. The number of benzene rings is 1. The molecule has 2 aliphatic rings. The van der Waals surface area contributed by atoms with E-state index in [2.05, 4.69) is 9.88 Å². The minimum atomic E-state index is 0.0849. The predicted octanol–water partition coefficient (Wildman–Crippen LogP) is 4.28. The highest BCUT2D eigenvalue weighted by atomic mass is 35.5. The first-order chi connectivity index (χ1) is 15.6. The number of hydrogen-bond donors (Lipinski definition) is 0. The van der Waals surface area contributed by atoms with Crippen LogP contribution in [0.15, 0.2) is 42.6 Å². The van der Waals surface area contributed by atoms with E-state index in [1.807, 2.05) is 47.5 Å². The fraction of sp³-hybridized carbons (Fsp3) is 0.520. The third kappa shape index (κ3) is 6.00. The number of carbonyl (C=O) groups excluding carboxylic acids is 1. The predicted molar refractivity (Wildman–Crippen MR) is 125 cm³/mol. The number of rotatable bonds is 3. The molecule has 1 saturated heterocycles. The molecule has 6 nitrogen and oxygen atoms in total. The average Bonchev–Trinajstić information content (AvgIpc) is 2.82. The van der Waals surface area contributed by atoms with Gasteiger partial charge >= 0.3 is 0 Å². The van der Waals surface area contributed by atoms with Crippen molar-refractivity contribution in [2.45, 2.75) is 38.3 Å². The maximum Gasteiger partial charge on any atom is 0.254 e. The van der Waals surface area contributed by atoms with Crippen LogP contribution in [0.2, 0.25) is 5.15 Å². The van der Waals surface area contributed by atoms with Crippen LogP contribution in [0.25, 0.3) is 0 Å². The highest BCUT2D eigenvalue weighted by Crippen LogP contribution is 2.27. The van der Waals surface area contributed by atoms with Crippen LogP contribution in [0.4, 0.5) is 0 Å². The first kappa shape index (κ1) is 23.0. The zero-order chi connectivity index (χ0) is 22.3. The molecule has 1 aromatic heterocycles. The third-order valence-corrected chi connectivity index (χ3v) is 6.73. The smallest absolute Gasteiger partial charge is 0.254 e. The largest absolute Gasteiger partial charge is 0.492 e. The van der Waals surface area contributed by atoms with Gasteiger partial charge in [-0.2, -0.15) is 0 Å². The molecule has 0 aliphatic carbocycles. The number of amides is 1. The van der Waals surface area contributed by atoms with Crippen LogP contribution in [0.1, 0.15) is 41.6 Å². The Kier molecular flexibility index (Phi) is 8.00. The molecule has 2 aromatic rings. The van der Waals surface area contributed by atoms with Crippen LogP contribution >= 0.6 is 11.6 Å². The fourth-order valence-electron chi connectivity index (χ4n) is 4.75. The number of ether oxygens (including phenoxy) is 2. The van der Waals surface area contributed by atoms with Gasteiger partial charge in [0.1, 0.15) is 17.5 Å². The van der Waals surface area contributed by atoms with Crippen molar-refractivity contribution < 1.29 is 14.3 Å². The Morgan fingerprint density at radius 2 is 2.06 bits per heavy atom. The summed E-state index contributed by atoms with van der Waals surface area (Å²) in [5.74, 6) is 1.19. The fourth-order valence-corrected chi connectivity index (χ4v) is 4.86. The van der Waals surface area contributed by atoms with Crippen LogP contribution in [0.3, 0.4) is 0 Å². The third-order valence-electron chi connectivity index (χ3n) is 6.51. The number of aromatic nitrogens is 1. The summed E-state index contributed by atoms with van der Waals surface area (Å²) < 4.78 is 11.8. The summed E-state index contributed by atoms with van der Waals surface area (Å²) in [4.78, 5) is 21.7. The number of nitrogens with zero attached hydrogens (tertiary/aromatic N) is 3. The van der Waals surface area contributed by atoms with Gasteiger partial charge in [0.2, 0.25) is 0 Å². The van der Waals surface area contributed by atoms with Crippen molar-refractivity contribution in [3.63, 3.8) is 0 Å². The molecule has 0 N–H and O–H groups in total. The first-order valence-electron chi connectivity index (χ1n) is 11.5. The van der Waals surface area contributed by atoms with Crippen molar-refractivity contribution in [2.24, 2.45) is 5.92 Å². The number of hydrogen-bond acceptors (Lipinski definition) is 5. The van der Waals surface area contributed by atoms with Crippen LogP contribution in [-0.4, -0.2) is 66.7 Å². The van der Waals surface area contributed by atoms with E-state index in [0.29, 0.717) is 23.2 Å². The maximum absolute atomic E-state index is 13.1. The molecule has 1 fully saturated rings. The topological polar surface area (TPSA) is 54.9 Å². The van der Waals surface area contributed by atoms with Gasteiger partial charge in [0.25, 0.3) is 5.91 Å². The van der Waals surface area contributed by atoms with Crippen molar-refractivity contribution in [3.05, 3.63) is 58.9 Å². The average molecular weight is 458 g/mol. The minimum Gasteiger partial charge on any atom is -0.492 e. The quantitative estimate of drug-likeness (QED) is 0.644. The van der Waals surface area contributed by atoms with E-state index in [1.165, 1.54) is 0 Å². The summed E-state index contributed by atoms with van der Waals surface area (Å²) in [6.07, 6.45) is 6.22. The minimum absolute atomic E-state index is 0.0849. The van der Waals surface area contributed by atoms with E-state index in [0.717, 1.165) is 69.7 Å². The molecular formula is C25H32ClN3O3. The second-order valence-corrected chi connectivity index (χ2v) is 9.10. The molecule has 2 aliphatic heterocycles. The Morgan fingerprint density at radius 1 is 1.16 bits per heavy atom. The SMILES string of the molecule is CO[C@@H]1CCN2C[C@@H]1CCCCN(Cc1ccc(Cl)nc1)CCOc1cccc(c1)C2=O. The summed E-state index contributed by atoms with van der Waals surface area (Å²) >= 11 is 5.94. The molecule has 0 radical (unpaired) electrons. The van der Waals surface area contributed by atoms with E-state index in [4.69, 9.17) is 21.1 Å². The van der Waals surface area contributed by atoms with E-state index in [-0.39, 0.29) is 12.0 Å². The van der Waals surface area contributed by atoms with E-state index >= 15 is 0 Å². The van der Waals surface area contributed by atoms with E-state index in [1.54, 1.807) is 7.11 Å². The van der Waals surface area contributed by atoms with Crippen LogP contribution < -0.4 is 4.74 Å². The lowest BCUT2D eigenvalue weighted by Gasteiger charge is -2.38. The van der Waals surface area contributed by atoms with Crippen molar-refractivity contribution in [1.29, 1.82) is 0 Å². The Balaban J connectivity index is 1.50. The monoisotopic (exact) mass is 457 g/mol. The van der Waals surface area contributed by atoms with Crippen molar-refractivity contribution in [1.82, 2.24) is 14.8 Å². The lowest BCUT2D eigenvalue weighted by molar-refractivity contribution is -0.00676. The molecule has 1 aromatic carbocycles.